The maximum atomic E-state index is 5.60. The third-order valence-corrected chi connectivity index (χ3v) is 4.83. The predicted octanol–water partition coefficient (Wildman–Crippen LogP) is 1.17. The largest absolute Gasteiger partial charge is 0.380 e. The first-order chi connectivity index (χ1) is 12.7. The van der Waals surface area contributed by atoms with Crippen LogP contribution in [0.5, 0.6) is 0 Å². The number of ether oxygens (including phenoxy) is 1. The van der Waals surface area contributed by atoms with Gasteiger partial charge in [0.1, 0.15) is 24.3 Å². The van der Waals surface area contributed by atoms with Gasteiger partial charge >= 0.3 is 0 Å². The molecule has 0 bridgehead atoms. The summed E-state index contributed by atoms with van der Waals surface area (Å²) in [7, 11) is 3.63. The average molecular weight is 354 g/mol. The van der Waals surface area contributed by atoms with Gasteiger partial charge in [-0.2, -0.15) is 5.10 Å². The lowest BCUT2D eigenvalue weighted by molar-refractivity contribution is 0.118. The zero-order valence-electron chi connectivity index (χ0n) is 15.1. The summed E-state index contributed by atoms with van der Waals surface area (Å²) in [4.78, 5) is 19.6. The zero-order valence-corrected chi connectivity index (χ0v) is 15.1. The molecule has 3 aromatic heterocycles. The molecule has 1 aliphatic heterocycles. The molecule has 9 heteroatoms. The first kappa shape index (κ1) is 16.6. The summed E-state index contributed by atoms with van der Waals surface area (Å²) in [6.45, 7) is 3.51. The molecule has 0 amide bonds. The summed E-state index contributed by atoms with van der Waals surface area (Å²) in [5, 5.41) is 8.63. The number of fused-ring (bicyclic) bond motifs is 1. The van der Waals surface area contributed by atoms with E-state index in [0.717, 1.165) is 47.9 Å². The molecule has 3 aromatic rings. The molecule has 0 radical (unpaired) electrons. The number of anilines is 2. The summed E-state index contributed by atoms with van der Waals surface area (Å²) in [6, 6.07) is 2.26. The second-order valence-electron chi connectivity index (χ2n) is 6.53. The number of aromatic nitrogens is 6. The summed E-state index contributed by atoms with van der Waals surface area (Å²) >= 11 is 0. The average Bonchev–Trinajstić information content (AvgIpc) is 3.24. The first-order valence-electron chi connectivity index (χ1n) is 8.60. The van der Waals surface area contributed by atoms with Crippen molar-refractivity contribution in [2.24, 2.45) is 7.05 Å². The second-order valence-corrected chi connectivity index (χ2v) is 6.53. The van der Waals surface area contributed by atoms with E-state index in [1.165, 1.54) is 0 Å². The van der Waals surface area contributed by atoms with Gasteiger partial charge < -0.3 is 15.0 Å². The number of methoxy groups -OCH3 is 1. The van der Waals surface area contributed by atoms with E-state index in [2.05, 4.69) is 35.3 Å². The van der Waals surface area contributed by atoms with E-state index in [4.69, 9.17) is 4.74 Å². The minimum atomic E-state index is 0.181. The number of aryl methyl sites for hydroxylation is 2. The number of rotatable bonds is 5. The zero-order chi connectivity index (χ0) is 18.1. The van der Waals surface area contributed by atoms with Crippen molar-refractivity contribution in [2.75, 3.05) is 30.4 Å². The Bertz CT molecular complexity index is 911. The van der Waals surface area contributed by atoms with Crippen molar-refractivity contribution < 1.29 is 4.74 Å². The Morgan fingerprint density at radius 2 is 2.08 bits per heavy atom. The van der Waals surface area contributed by atoms with Gasteiger partial charge in [-0.25, -0.2) is 19.9 Å². The van der Waals surface area contributed by atoms with Gasteiger partial charge in [-0.1, -0.05) is 0 Å². The van der Waals surface area contributed by atoms with E-state index in [-0.39, 0.29) is 12.1 Å². The lowest BCUT2D eigenvalue weighted by atomic mass is 10.2. The van der Waals surface area contributed by atoms with Gasteiger partial charge in [0.2, 0.25) is 0 Å². The third-order valence-electron chi connectivity index (χ3n) is 4.83. The Kier molecular flexibility index (Phi) is 4.37. The highest BCUT2D eigenvalue weighted by atomic mass is 16.5. The minimum Gasteiger partial charge on any atom is -0.380 e. The molecule has 0 aromatic carbocycles. The Morgan fingerprint density at radius 1 is 1.23 bits per heavy atom. The maximum absolute atomic E-state index is 5.60. The Morgan fingerprint density at radius 3 is 2.88 bits per heavy atom. The summed E-state index contributed by atoms with van der Waals surface area (Å²) < 4.78 is 7.34. The molecule has 0 aliphatic carbocycles. The summed E-state index contributed by atoms with van der Waals surface area (Å²) in [5.74, 6) is 1.72. The monoisotopic (exact) mass is 354 g/mol. The molecule has 1 fully saturated rings. The number of nitrogens with one attached hydrogen (secondary N) is 1. The Labute approximate surface area is 151 Å². The van der Waals surface area contributed by atoms with Crippen molar-refractivity contribution in [3.05, 3.63) is 30.6 Å². The standard InChI is InChI=1S/C17H22N8O/c1-11-4-15(20-9-19-11)25-8-13(26-3)5-12(25)6-18-16-14-7-23-24(2)17(14)22-10-21-16/h4,7,9-10,12-13H,5-6,8H2,1-3H3,(H,18,21,22)/t12-,13-/m0/s1. The molecular weight excluding hydrogens is 332 g/mol. The van der Waals surface area contributed by atoms with Gasteiger partial charge in [0, 0.05) is 39.0 Å². The van der Waals surface area contributed by atoms with Crippen molar-refractivity contribution in [2.45, 2.75) is 25.5 Å². The number of hydrogen-bond donors (Lipinski definition) is 1. The van der Waals surface area contributed by atoms with Crippen LogP contribution in [0.25, 0.3) is 11.0 Å². The van der Waals surface area contributed by atoms with E-state index >= 15 is 0 Å². The normalized spacial score (nSPS) is 20.0. The minimum absolute atomic E-state index is 0.181. The molecule has 0 saturated carbocycles. The third kappa shape index (κ3) is 3.05. The molecule has 2 atom stereocenters. The molecule has 0 spiro atoms. The van der Waals surface area contributed by atoms with E-state index in [1.807, 2.05) is 20.0 Å². The highest BCUT2D eigenvalue weighted by Gasteiger charge is 2.33. The molecule has 9 nitrogen and oxygen atoms in total. The first-order valence-corrected chi connectivity index (χ1v) is 8.60. The van der Waals surface area contributed by atoms with Crippen LogP contribution < -0.4 is 10.2 Å². The maximum Gasteiger partial charge on any atom is 0.163 e. The van der Waals surface area contributed by atoms with Crippen molar-refractivity contribution in [3.8, 4) is 0 Å². The molecule has 0 unspecified atom stereocenters. The molecule has 136 valence electrons. The van der Waals surface area contributed by atoms with Crippen molar-refractivity contribution in [1.82, 2.24) is 29.7 Å². The highest BCUT2D eigenvalue weighted by molar-refractivity contribution is 5.85. The second kappa shape index (κ2) is 6.83. The lowest BCUT2D eigenvalue weighted by Crippen LogP contribution is -2.36. The molecule has 1 saturated heterocycles. The van der Waals surface area contributed by atoms with Crippen LogP contribution in [-0.4, -0.2) is 62.1 Å². The number of nitrogens with zero attached hydrogens (tertiary/aromatic N) is 7. The fourth-order valence-corrected chi connectivity index (χ4v) is 3.43. The van der Waals surface area contributed by atoms with Gasteiger partial charge in [-0.05, 0) is 13.3 Å². The van der Waals surface area contributed by atoms with E-state index < -0.39 is 0 Å². The SMILES string of the molecule is CO[C@H]1C[C@@H](CNc2ncnc3c2cnn3C)N(c2cc(C)ncn2)C1. The van der Waals surface area contributed by atoms with Crippen molar-refractivity contribution in [1.29, 1.82) is 0 Å². The molecule has 4 heterocycles. The van der Waals surface area contributed by atoms with Crippen LogP contribution in [0, 0.1) is 6.92 Å². The van der Waals surface area contributed by atoms with E-state index in [0.29, 0.717) is 0 Å². The van der Waals surface area contributed by atoms with Crippen LogP contribution in [0.1, 0.15) is 12.1 Å². The topological polar surface area (TPSA) is 93.9 Å². The summed E-state index contributed by atoms with van der Waals surface area (Å²) in [5.41, 5.74) is 1.77. The van der Waals surface area contributed by atoms with Gasteiger partial charge in [-0.3, -0.25) is 4.68 Å². The van der Waals surface area contributed by atoms with Crippen LogP contribution >= 0.6 is 0 Å². The fraction of sp³-hybridized carbons (Fsp3) is 0.471. The van der Waals surface area contributed by atoms with Gasteiger partial charge in [0.15, 0.2) is 5.65 Å². The van der Waals surface area contributed by atoms with Gasteiger partial charge in [-0.15, -0.1) is 0 Å². The molecule has 26 heavy (non-hydrogen) atoms. The molecule has 1 N–H and O–H groups in total. The van der Waals surface area contributed by atoms with Crippen molar-refractivity contribution in [3.63, 3.8) is 0 Å². The molecule has 1 aliphatic rings. The Hall–Kier alpha value is -2.81. The predicted molar refractivity (Wildman–Crippen MR) is 98.1 cm³/mol. The van der Waals surface area contributed by atoms with E-state index in [9.17, 15) is 0 Å². The molecule has 4 rings (SSSR count). The van der Waals surface area contributed by atoms with Crippen molar-refractivity contribution >= 4 is 22.7 Å². The fourth-order valence-electron chi connectivity index (χ4n) is 3.43. The number of hydrogen-bond acceptors (Lipinski definition) is 8. The van der Waals surface area contributed by atoms with Crippen LogP contribution in [0.3, 0.4) is 0 Å². The quantitative estimate of drug-likeness (QED) is 0.730. The lowest BCUT2D eigenvalue weighted by Gasteiger charge is -2.25. The van der Waals surface area contributed by atoms with Crippen LogP contribution in [0.4, 0.5) is 11.6 Å². The van der Waals surface area contributed by atoms with Crippen LogP contribution in [-0.2, 0) is 11.8 Å². The van der Waals surface area contributed by atoms with Gasteiger partial charge in [0.05, 0.1) is 23.7 Å². The van der Waals surface area contributed by atoms with Crippen LogP contribution in [0.15, 0.2) is 24.9 Å². The van der Waals surface area contributed by atoms with E-state index in [1.54, 1.807) is 30.6 Å². The highest BCUT2D eigenvalue weighted by Crippen LogP contribution is 2.26. The molecular formula is C17H22N8O. The van der Waals surface area contributed by atoms with Gasteiger partial charge in [0.25, 0.3) is 0 Å². The van der Waals surface area contributed by atoms with Crippen LogP contribution in [0.2, 0.25) is 0 Å². The Balaban J connectivity index is 1.55. The smallest absolute Gasteiger partial charge is 0.163 e. The summed E-state index contributed by atoms with van der Waals surface area (Å²) in [6.07, 6.45) is 6.06.